The van der Waals surface area contributed by atoms with Crippen molar-refractivity contribution in [3.8, 4) is 0 Å². The summed E-state index contributed by atoms with van der Waals surface area (Å²) in [6.45, 7) is 2.59. The van der Waals surface area contributed by atoms with Crippen molar-refractivity contribution in [3.63, 3.8) is 0 Å². The molecule has 3 aromatic rings. The van der Waals surface area contributed by atoms with Gasteiger partial charge in [-0.05, 0) is 17.8 Å². The van der Waals surface area contributed by atoms with Crippen LogP contribution in [0.3, 0.4) is 0 Å². The number of hydrogen-bond acceptors (Lipinski definition) is 5. The van der Waals surface area contributed by atoms with Crippen LogP contribution in [0.5, 0.6) is 0 Å². The van der Waals surface area contributed by atoms with E-state index in [9.17, 15) is 5.21 Å². The molecule has 0 spiro atoms. The van der Waals surface area contributed by atoms with E-state index in [1.807, 2.05) is 31.2 Å². The second-order valence-electron chi connectivity index (χ2n) is 3.85. The Labute approximate surface area is 103 Å². The molecule has 1 aromatic carbocycles. The molecule has 0 atom stereocenters. The summed E-state index contributed by atoms with van der Waals surface area (Å²) in [7, 11) is 0. The van der Waals surface area contributed by atoms with Crippen LogP contribution in [0.15, 0.2) is 30.5 Å². The Hall–Kier alpha value is -2.50. The summed E-state index contributed by atoms with van der Waals surface area (Å²) >= 11 is 0. The molecule has 6 nitrogen and oxygen atoms in total. The average molecular weight is 241 g/mol. The minimum atomic E-state index is 0.330. The second-order valence-corrected chi connectivity index (χ2v) is 3.85. The van der Waals surface area contributed by atoms with Gasteiger partial charge in [-0.1, -0.05) is 18.2 Å². The molecule has 0 bridgehead atoms. The first-order valence-corrected chi connectivity index (χ1v) is 5.69. The van der Waals surface area contributed by atoms with Crippen LogP contribution in [-0.4, -0.2) is 21.6 Å². The molecule has 0 fully saturated rings. The summed E-state index contributed by atoms with van der Waals surface area (Å²) in [5, 5.41) is 19.4. The number of nitrogens with zero attached hydrogens (tertiary/aromatic N) is 4. The number of rotatable bonds is 2. The predicted molar refractivity (Wildman–Crippen MR) is 68.0 cm³/mol. The SMILES string of the molecule is CCNc1nc2c3ccccc3ncc2[n+]([O-])n1. The second kappa shape index (κ2) is 4.06. The maximum absolute atomic E-state index is 11.8. The van der Waals surface area contributed by atoms with E-state index in [4.69, 9.17) is 0 Å². The quantitative estimate of drug-likeness (QED) is 0.415. The van der Waals surface area contributed by atoms with Crippen molar-refractivity contribution >= 4 is 27.9 Å². The third kappa shape index (κ3) is 1.58. The number of fused-ring (bicyclic) bond motifs is 3. The Kier molecular flexibility index (Phi) is 2.40. The summed E-state index contributed by atoms with van der Waals surface area (Å²) in [6.07, 6.45) is 1.50. The van der Waals surface area contributed by atoms with Crippen LogP contribution in [0.1, 0.15) is 6.92 Å². The van der Waals surface area contributed by atoms with Gasteiger partial charge in [0.15, 0.2) is 5.52 Å². The molecule has 2 heterocycles. The molecule has 2 aromatic heterocycles. The highest BCUT2D eigenvalue weighted by atomic mass is 16.5. The lowest BCUT2D eigenvalue weighted by molar-refractivity contribution is -0.641. The molecule has 0 aliphatic heterocycles. The van der Waals surface area contributed by atoms with Crippen molar-refractivity contribution in [1.82, 2.24) is 15.1 Å². The Morgan fingerprint density at radius 1 is 1.33 bits per heavy atom. The standard InChI is InChI=1S/C12H11N5O/c1-2-13-12-15-11-8-5-3-4-6-9(8)14-7-10(11)17(18)16-12/h3-7H,2H2,1H3,(H,13,15,16). The molecule has 0 radical (unpaired) electrons. The van der Waals surface area contributed by atoms with Crippen LogP contribution in [0, 0.1) is 5.21 Å². The number of anilines is 1. The van der Waals surface area contributed by atoms with E-state index in [0.717, 1.165) is 10.9 Å². The zero-order chi connectivity index (χ0) is 12.5. The number of benzene rings is 1. The maximum atomic E-state index is 11.8. The van der Waals surface area contributed by atoms with Gasteiger partial charge in [-0.3, -0.25) is 0 Å². The van der Waals surface area contributed by atoms with Crippen LogP contribution < -0.4 is 10.2 Å². The first-order chi connectivity index (χ1) is 8.79. The third-order valence-corrected chi connectivity index (χ3v) is 2.67. The largest absolute Gasteiger partial charge is 0.594 e. The van der Waals surface area contributed by atoms with Gasteiger partial charge in [0, 0.05) is 11.9 Å². The molecule has 0 unspecified atom stereocenters. The van der Waals surface area contributed by atoms with Gasteiger partial charge >= 0.3 is 0 Å². The molecule has 90 valence electrons. The molecular formula is C12H11N5O. The third-order valence-electron chi connectivity index (χ3n) is 2.67. The minimum absolute atomic E-state index is 0.330. The molecule has 3 rings (SSSR count). The van der Waals surface area contributed by atoms with E-state index < -0.39 is 0 Å². The zero-order valence-corrected chi connectivity index (χ0v) is 9.79. The van der Waals surface area contributed by atoms with Gasteiger partial charge in [-0.25, -0.2) is 9.97 Å². The van der Waals surface area contributed by atoms with Crippen LogP contribution >= 0.6 is 0 Å². The Morgan fingerprint density at radius 2 is 2.17 bits per heavy atom. The van der Waals surface area contributed by atoms with E-state index in [0.29, 0.717) is 28.4 Å². The van der Waals surface area contributed by atoms with Gasteiger partial charge in [0.2, 0.25) is 0 Å². The van der Waals surface area contributed by atoms with Gasteiger partial charge in [0.25, 0.3) is 11.5 Å². The van der Waals surface area contributed by atoms with E-state index >= 15 is 0 Å². The van der Waals surface area contributed by atoms with E-state index in [1.165, 1.54) is 6.20 Å². The van der Waals surface area contributed by atoms with Crippen molar-refractivity contribution in [3.05, 3.63) is 35.7 Å². The maximum Gasteiger partial charge on any atom is 0.290 e. The van der Waals surface area contributed by atoms with E-state index in [-0.39, 0.29) is 0 Å². The van der Waals surface area contributed by atoms with Crippen LogP contribution in [-0.2, 0) is 0 Å². The number of para-hydroxylation sites is 1. The molecule has 0 saturated carbocycles. The van der Waals surface area contributed by atoms with Gasteiger partial charge in [-0.2, -0.15) is 0 Å². The van der Waals surface area contributed by atoms with Crippen molar-refractivity contribution in [1.29, 1.82) is 0 Å². The van der Waals surface area contributed by atoms with Crippen molar-refractivity contribution in [2.75, 3.05) is 11.9 Å². The van der Waals surface area contributed by atoms with Crippen molar-refractivity contribution in [2.24, 2.45) is 0 Å². The molecule has 0 aliphatic rings. The highest BCUT2D eigenvalue weighted by Crippen LogP contribution is 2.19. The zero-order valence-electron chi connectivity index (χ0n) is 9.79. The van der Waals surface area contributed by atoms with Gasteiger partial charge in [0.05, 0.1) is 10.6 Å². The molecule has 0 aliphatic carbocycles. The fourth-order valence-corrected chi connectivity index (χ4v) is 1.87. The van der Waals surface area contributed by atoms with Crippen molar-refractivity contribution in [2.45, 2.75) is 6.92 Å². The van der Waals surface area contributed by atoms with Crippen LogP contribution in [0.25, 0.3) is 21.9 Å². The summed E-state index contributed by atoms with van der Waals surface area (Å²) in [6, 6.07) is 7.58. The monoisotopic (exact) mass is 241 g/mol. The molecular weight excluding hydrogens is 230 g/mol. The topological polar surface area (TPSA) is 77.6 Å². The Balaban J connectivity index is 2.40. The number of aromatic nitrogens is 4. The van der Waals surface area contributed by atoms with Gasteiger partial charge < -0.3 is 10.5 Å². The summed E-state index contributed by atoms with van der Waals surface area (Å²) < 4.78 is 0. The lowest BCUT2D eigenvalue weighted by Crippen LogP contribution is -2.33. The summed E-state index contributed by atoms with van der Waals surface area (Å²) in [5.74, 6) is 0.330. The van der Waals surface area contributed by atoms with Crippen molar-refractivity contribution < 1.29 is 4.85 Å². The van der Waals surface area contributed by atoms with Crippen LogP contribution in [0.2, 0.25) is 0 Å². The molecule has 6 heteroatoms. The smallest absolute Gasteiger partial charge is 0.290 e. The Morgan fingerprint density at radius 3 is 3.00 bits per heavy atom. The normalized spacial score (nSPS) is 10.9. The lowest BCUT2D eigenvalue weighted by atomic mass is 10.2. The summed E-state index contributed by atoms with van der Waals surface area (Å²) in [4.78, 5) is 9.15. The van der Waals surface area contributed by atoms with Gasteiger partial charge in [0.1, 0.15) is 6.20 Å². The van der Waals surface area contributed by atoms with Crippen LogP contribution in [0.4, 0.5) is 5.95 Å². The molecule has 0 saturated heterocycles. The molecule has 0 amide bonds. The van der Waals surface area contributed by atoms with E-state index in [2.05, 4.69) is 20.4 Å². The fraction of sp³-hybridized carbons (Fsp3) is 0.167. The molecule has 1 N–H and O–H groups in total. The highest BCUT2D eigenvalue weighted by Gasteiger charge is 2.13. The first kappa shape index (κ1) is 10.6. The lowest BCUT2D eigenvalue weighted by Gasteiger charge is -2.04. The average Bonchev–Trinajstić information content (AvgIpc) is 2.39. The summed E-state index contributed by atoms with van der Waals surface area (Å²) in [5.41, 5.74) is 1.79. The molecule has 18 heavy (non-hydrogen) atoms. The number of pyridine rings is 1. The predicted octanol–water partition coefficient (Wildman–Crippen LogP) is 1.24. The Bertz CT molecular complexity index is 728. The minimum Gasteiger partial charge on any atom is -0.594 e. The first-order valence-electron chi connectivity index (χ1n) is 5.69. The number of hydrogen-bond donors (Lipinski definition) is 1. The number of nitrogens with one attached hydrogen (secondary N) is 1. The van der Waals surface area contributed by atoms with Gasteiger partial charge in [-0.15, -0.1) is 0 Å². The van der Waals surface area contributed by atoms with E-state index in [1.54, 1.807) is 0 Å². The highest BCUT2D eigenvalue weighted by molar-refractivity contribution is 6.00. The fourth-order valence-electron chi connectivity index (χ4n) is 1.87.